The highest BCUT2D eigenvalue weighted by molar-refractivity contribution is 5.80. The first-order chi connectivity index (χ1) is 12.1. The highest BCUT2D eigenvalue weighted by atomic mass is 16.3. The first kappa shape index (κ1) is 19.3. The van der Waals surface area contributed by atoms with E-state index in [2.05, 4.69) is 25.8 Å². The zero-order chi connectivity index (χ0) is 18.1. The Morgan fingerprint density at radius 2 is 1.96 bits per heavy atom. The van der Waals surface area contributed by atoms with Crippen molar-refractivity contribution in [2.24, 2.45) is 10.9 Å². The Kier molecular flexibility index (Phi) is 7.78. The second-order valence-corrected chi connectivity index (χ2v) is 6.60. The molecule has 2 heterocycles. The minimum atomic E-state index is 0.00644. The maximum atomic E-state index is 11.5. The molecule has 7 nitrogen and oxygen atoms in total. The molecule has 1 aromatic rings. The van der Waals surface area contributed by atoms with Crippen molar-refractivity contribution in [1.82, 2.24) is 20.9 Å². The first-order valence-corrected chi connectivity index (χ1v) is 9.11. The van der Waals surface area contributed by atoms with Crippen molar-refractivity contribution in [3.63, 3.8) is 0 Å². The van der Waals surface area contributed by atoms with E-state index in [9.17, 15) is 4.79 Å². The minimum Gasteiger partial charge on any atom is -0.468 e. The second-order valence-electron chi connectivity index (χ2n) is 6.60. The fourth-order valence-electron chi connectivity index (χ4n) is 2.93. The van der Waals surface area contributed by atoms with Gasteiger partial charge in [-0.1, -0.05) is 13.8 Å². The van der Waals surface area contributed by atoms with Gasteiger partial charge < -0.3 is 20.4 Å². The summed E-state index contributed by atoms with van der Waals surface area (Å²) in [6.45, 7) is 7.90. The molecule has 1 saturated heterocycles. The molecule has 1 aliphatic rings. The second kappa shape index (κ2) is 10.1. The quantitative estimate of drug-likeness (QED) is 0.375. The summed E-state index contributed by atoms with van der Waals surface area (Å²) in [5, 5.41) is 9.49. The molecule has 0 aliphatic carbocycles. The van der Waals surface area contributed by atoms with Gasteiger partial charge >= 0.3 is 0 Å². The Bertz CT molecular complexity index is 536. The van der Waals surface area contributed by atoms with Gasteiger partial charge in [0.15, 0.2) is 5.96 Å². The molecule has 0 spiro atoms. The van der Waals surface area contributed by atoms with Crippen LogP contribution in [0.2, 0.25) is 0 Å². The van der Waals surface area contributed by atoms with Crippen LogP contribution in [-0.2, 0) is 4.79 Å². The summed E-state index contributed by atoms with van der Waals surface area (Å²) >= 11 is 0. The Labute approximate surface area is 150 Å². The number of nitrogens with one attached hydrogen (secondary N) is 3. The summed E-state index contributed by atoms with van der Waals surface area (Å²) in [5.41, 5.74) is 0. The molecule has 1 atom stereocenters. The SMILES string of the molecule is CN=C(NCCNC(=O)C(C)C)NCC(c1ccco1)N1CCCC1. The Hall–Kier alpha value is -2.02. The van der Waals surface area contributed by atoms with Crippen LogP contribution in [0.5, 0.6) is 0 Å². The average Bonchev–Trinajstić information content (AvgIpc) is 3.30. The van der Waals surface area contributed by atoms with E-state index in [4.69, 9.17) is 4.42 Å². The standard InChI is InChI=1S/C18H31N5O2/c1-14(2)17(24)20-8-9-21-18(19-3)22-13-15(16-7-6-12-25-16)23-10-4-5-11-23/h6-7,12,14-15H,4-5,8-11,13H2,1-3H3,(H,20,24)(H2,19,21,22). The number of carbonyl (C=O) groups is 1. The summed E-state index contributed by atoms with van der Waals surface area (Å²) in [7, 11) is 1.75. The fraction of sp³-hybridized carbons (Fsp3) is 0.667. The first-order valence-electron chi connectivity index (χ1n) is 9.11. The van der Waals surface area contributed by atoms with Gasteiger partial charge in [0, 0.05) is 32.6 Å². The maximum absolute atomic E-state index is 11.5. The Morgan fingerprint density at radius 1 is 1.24 bits per heavy atom. The molecule has 7 heteroatoms. The molecule has 1 unspecified atom stereocenters. The van der Waals surface area contributed by atoms with E-state index in [0.717, 1.165) is 31.4 Å². The van der Waals surface area contributed by atoms with Crippen molar-refractivity contribution in [2.75, 3.05) is 39.8 Å². The number of aliphatic imine (C=N–C) groups is 1. The number of amides is 1. The number of rotatable bonds is 8. The van der Waals surface area contributed by atoms with E-state index in [-0.39, 0.29) is 17.9 Å². The zero-order valence-electron chi connectivity index (χ0n) is 15.5. The number of furan rings is 1. The van der Waals surface area contributed by atoms with E-state index < -0.39 is 0 Å². The van der Waals surface area contributed by atoms with Gasteiger partial charge in [-0.15, -0.1) is 0 Å². The normalized spacial score (nSPS) is 16.9. The molecule has 0 bridgehead atoms. The van der Waals surface area contributed by atoms with Crippen LogP contribution in [-0.4, -0.2) is 56.5 Å². The van der Waals surface area contributed by atoms with Gasteiger partial charge in [-0.25, -0.2) is 0 Å². The van der Waals surface area contributed by atoms with Crippen LogP contribution in [0, 0.1) is 5.92 Å². The molecule has 1 aromatic heterocycles. The van der Waals surface area contributed by atoms with Crippen LogP contribution in [0.25, 0.3) is 0 Å². The van der Waals surface area contributed by atoms with Crippen LogP contribution in [0.4, 0.5) is 0 Å². The number of hydrogen-bond acceptors (Lipinski definition) is 4. The maximum Gasteiger partial charge on any atom is 0.222 e. The van der Waals surface area contributed by atoms with E-state index in [1.807, 2.05) is 26.0 Å². The monoisotopic (exact) mass is 349 g/mol. The van der Waals surface area contributed by atoms with Gasteiger partial charge in [-0.2, -0.15) is 0 Å². The molecule has 1 aliphatic heterocycles. The molecule has 2 rings (SSSR count). The predicted molar refractivity (Wildman–Crippen MR) is 99.5 cm³/mol. The third-order valence-electron chi connectivity index (χ3n) is 4.38. The largest absolute Gasteiger partial charge is 0.468 e. The van der Waals surface area contributed by atoms with Gasteiger partial charge in [0.25, 0.3) is 0 Å². The van der Waals surface area contributed by atoms with Gasteiger partial charge in [0.2, 0.25) is 5.91 Å². The van der Waals surface area contributed by atoms with Gasteiger partial charge in [0.05, 0.1) is 12.3 Å². The van der Waals surface area contributed by atoms with Crippen LogP contribution in [0.15, 0.2) is 27.8 Å². The van der Waals surface area contributed by atoms with Crippen LogP contribution < -0.4 is 16.0 Å². The minimum absolute atomic E-state index is 0.00644. The van der Waals surface area contributed by atoms with Crippen molar-refractivity contribution in [3.05, 3.63) is 24.2 Å². The predicted octanol–water partition coefficient (Wildman–Crippen LogP) is 1.35. The zero-order valence-corrected chi connectivity index (χ0v) is 15.5. The Balaban J connectivity index is 1.78. The van der Waals surface area contributed by atoms with E-state index >= 15 is 0 Å². The molecule has 1 fully saturated rings. The van der Waals surface area contributed by atoms with Crippen LogP contribution in [0.1, 0.15) is 38.5 Å². The molecule has 25 heavy (non-hydrogen) atoms. The summed E-state index contributed by atoms with van der Waals surface area (Å²) in [4.78, 5) is 18.2. The number of guanidine groups is 1. The number of carbonyl (C=O) groups excluding carboxylic acids is 1. The lowest BCUT2D eigenvalue weighted by Gasteiger charge is -2.26. The van der Waals surface area contributed by atoms with E-state index in [0.29, 0.717) is 13.1 Å². The van der Waals surface area contributed by atoms with Crippen LogP contribution in [0.3, 0.4) is 0 Å². The van der Waals surface area contributed by atoms with E-state index in [1.54, 1.807) is 13.3 Å². The van der Waals surface area contributed by atoms with Crippen molar-refractivity contribution >= 4 is 11.9 Å². The van der Waals surface area contributed by atoms with Crippen molar-refractivity contribution < 1.29 is 9.21 Å². The van der Waals surface area contributed by atoms with Crippen molar-refractivity contribution in [2.45, 2.75) is 32.7 Å². The van der Waals surface area contributed by atoms with Gasteiger partial charge in [-0.05, 0) is 38.1 Å². The smallest absolute Gasteiger partial charge is 0.222 e. The molecule has 140 valence electrons. The molecule has 3 N–H and O–H groups in total. The summed E-state index contributed by atoms with van der Waals surface area (Å²) < 4.78 is 5.63. The number of likely N-dealkylation sites (tertiary alicyclic amines) is 1. The highest BCUT2D eigenvalue weighted by Crippen LogP contribution is 2.24. The topological polar surface area (TPSA) is 81.9 Å². The average molecular weight is 349 g/mol. The van der Waals surface area contributed by atoms with Gasteiger partial charge in [-0.3, -0.25) is 14.7 Å². The molecule has 0 aromatic carbocycles. The summed E-state index contributed by atoms with van der Waals surface area (Å²) in [5.74, 6) is 1.78. The van der Waals surface area contributed by atoms with E-state index in [1.165, 1.54) is 12.8 Å². The molecular weight excluding hydrogens is 318 g/mol. The lowest BCUT2D eigenvalue weighted by molar-refractivity contribution is -0.123. The molecule has 0 saturated carbocycles. The van der Waals surface area contributed by atoms with Crippen LogP contribution >= 0.6 is 0 Å². The molecular formula is C18H31N5O2. The lowest BCUT2D eigenvalue weighted by Crippen LogP contribution is -2.45. The Morgan fingerprint density at radius 3 is 2.56 bits per heavy atom. The lowest BCUT2D eigenvalue weighted by atomic mass is 10.2. The third-order valence-corrected chi connectivity index (χ3v) is 4.38. The van der Waals surface area contributed by atoms with Gasteiger partial charge in [0.1, 0.15) is 5.76 Å². The number of hydrogen-bond donors (Lipinski definition) is 3. The van der Waals surface area contributed by atoms with Crippen molar-refractivity contribution in [3.8, 4) is 0 Å². The number of nitrogens with zero attached hydrogens (tertiary/aromatic N) is 2. The molecule has 0 radical (unpaired) electrons. The van der Waals surface area contributed by atoms with Crippen molar-refractivity contribution in [1.29, 1.82) is 0 Å². The third kappa shape index (κ3) is 6.08. The fourth-order valence-corrected chi connectivity index (χ4v) is 2.93. The highest BCUT2D eigenvalue weighted by Gasteiger charge is 2.25. The molecule has 1 amide bonds. The summed E-state index contributed by atoms with van der Waals surface area (Å²) in [6.07, 6.45) is 4.20. The summed E-state index contributed by atoms with van der Waals surface area (Å²) in [6, 6.07) is 4.17.